The number of rotatable bonds is 6. The Morgan fingerprint density at radius 1 is 0.583 bits per heavy atom. The molecule has 0 amide bonds. The van der Waals surface area contributed by atoms with Crippen molar-refractivity contribution < 1.29 is 21.8 Å². The smallest absolute Gasteiger partial charge is 1.00 e. The van der Waals surface area contributed by atoms with Gasteiger partial charge in [-0.15, -0.1) is 0 Å². The fourth-order valence-corrected chi connectivity index (χ4v) is 4.87. The number of aromatic nitrogens is 3. The topological polar surface area (TPSA) is 38.7 Å². The van der Waals surface area contributed by atoms with E-state index in [0.717, 1.165) is 19.0 Å². The van der Waals surface area contributed by atoms with Gasteiger partial charge >= 0.3 is 17.1 Å². The molecule has 0 atom stereocenters. The minimum atomic E-state index is 0. The van der Waals surface area contributed by atoms with Crippen molar-refractivity contribution in [1.82, 2.24) is 15.0 Å². The van der Waals surface area contributed by atoms with Crippen LogP contribution in [0.25, 0.3) is 0 Å². The fourth-order valence-electron chi connectivity index (χ4n) is 1.54. The summed E-state index contributed by atoms with van der Waals surface area (Å²) in [6.45, 7) is 0. The molecular formula is C16H12CuFN3S3. The Labute approximate surface area is 163 Å². The van der Waals surface area contributed by atoms with Gasteiger partial charge in [0.15, 0.2) is 3.91 Å². The van der Waals surface area contributed by atoms with E-state index >= 15 is 0 Å². The van der Waals surface area contributed by atoms with E-state index in [4.69, 9.17) is 0 Å². The molecule has 3 nitrogen and oxygen atoms in total. The first-order valence-corrected chi connectivity index (χ1v) is 8.99. The van der Waals surface area contributed by atoms with Crippen molar-refractivity contribution in [2.45, 2.75) is 15.1 Å². The average molecular weight is 425 g/mol. The first kappa shape index (κ1) is 21.0. The summed E-state index contributed by atoms with van der Waals surface area (Å²) < 4.78 is 1.12. The van der Waals surface area contributed by atoms with Crippen molar-refractivity contribution >= 4 is 35.3 Å². The molecule has 0 spiro atoms. The van der Waals surface area contributed by atoms with Crippen molar-refractivity contribution in [2.24, 2.45) is 0 Å². The van der Waals surface area contributed by atoms with E-state index in [1.807, 2.05) is 54.6 Å². The van der Waals surface area contributed by atoms with Crippen molar-refractivity contribution in [1.29, 1.82) is 0 Å². The molecular weight excluding hydrogens is 413 g/mol. The molecule has 0 aliphatic rings. The SMILES string of the molecule is [Cu+].[F-].c1ccc(S[C](Sc2ccccn2)Sc2ccccn2)nc1. The fraction of sp³-hybridized carbons (Fsp3) is 0. The summed E-state index contributed by atoms with van der Waals surface area (Å²) in [4.78, 5) is 13.1. The van der Waals surface area contributed by atoms with Gasteiger partial charge in [0.05, 0.1) is 15.1 Å². The van der Waals surface area contributed by atoms with Crippen molar-refractivity contribution in [2.75, 3.05) is 0 Å². The van der Waals surface area contributed by atoms with Crippen molar-refractivity contribution in [3.05, 3.63) is 77.1 Å². The van der Waals surface area contributed by atoms with Crippen LogP contribution in [0.3, 0.4) is 0 Å². The van der Waals surface area contributed by atoms with Crippen molar-refractivity contribution in [3.63, 3.8) is 0 Å². The molecule has 1 radical (unpaired) electrons. The van der Waals surface area contributed by atoms with E-state index in [0.29, 0.717) is 0 Å². The van der Waals surface area contributed by atoms with Crippen molar-refractivity contribution in [3.8, 4) is 0 Å². The molecule has 0 unspecified atom stereocenters. The maximum absolute atomic E-state index is 4.38. The number of hydrogen-bond donors (Lipinski definition) is 0. The predicted molar refractivity (Wildman–Crippen MR) is 93.5 cm³/mol. The molecule has 0 aliphatic heterocycles. The average Bonchev–Trinajstić information content (AvgIpc) is 2.57. The number of pyridine rings is 3. The second-order valence-corrected chi connectivity index (χ2v) is 7.93. The van der Waals surface area contributed by atoms with Crippen LogP contribution >= 0.6 is 35.3 Å². The van der Waals surface area contributed by atoms with Gasteiger partial charge in [-0.25, -0.2) is 15.0 Å². The molecule has 0 saturated carbocycles. The standard InChI is InChI=1S/C16H12N3S3.Cu.FH/c1-4-10-17-13(7-1)20-16(21-14-8-2-5-11-18-14)22-15-9-3-6-12-19-15;;/h1-12H;;1H/q;+1;/p-1. The second-order valence-electron chi connectivity index (χ2n) is 4.06. The van der Waals surface area contributed by atoms with Crippen LogP contribution in [-0.4, -0.2) is 15.0 Å². The molecule has 0 saturated heterocycles. The summed E-state index contributed by atoms with van der Waals surface area (Å²) in [5.41, 5.74) is 0. The van der Waals surface area contributed by atoms with Crippen LogP contribution in [0.4, 0.5) is 0 Å². The van der Waals surface area contributed by atoms with Crippen LogP contribution in [0.15, 0.2) is 88.3 Å². The van der Waals surface area contributed by atoms with Gasteiger partial charge in [0.25, 0.3) is 0 Å². The van der Waals surface area contributed by atoms with E-state index in [2.05, 4.69) is 15.0 Å². The Morgan fingerprint density at radius 2 is 0.917 bits per heavy atom. The number of nitrogens with zero attached hydrogens (tertiary/aromatic N) is 3. The Kier molecular flexibility index (Phi) is 10.1. The summed E-state index contributed by atoms with van der Waals surface area (Å²) in [5.74, 6) is 0. The molecule has 3 heterocycles. The molecule has 0 N–H and O–H groups in total. The molecule has 3 rings (SSSR count). The van der Waals surface area contributed by atoms with Crippen LogP contribution in [0.1, 0.15) is 0 Å². The predicted octanol–water partition coefficient (Wildman–Crippen LogP) is 2.00. The second kappa shape index (κ2) is 11.5. The zero-order chi connectivity index (χ0) is 15.0. The maximum atomic E-state index is 4.38. The molecule has 0 aromatic carbocycles. The van der Waals surface area contributed by atoms with Crippen LogP contribution in [0.5, 0.6) is 0 Å². The van der Waals surface area contributed by atoms with E-state index in [1.165, 1.54) is 0 Å². The first-order chi connectivity index (χ1) is 10.9. The zero-order valence-electron chi connectivity index (χ0n) is 12.2. The Balaban J connectivity index is 0.00000144. The molecule has 24 heavy (non-hydrogen) atoms. The van der Waals surface area contributed by atoms with Gasteiger partial charge in [0.2, 0.25) is 0 Å². The largest absolute Gasteiger partial charge is 1.00 e. The van der Waals surface area contributed by atoms with E-state index in [1.54, 1.807) is 53.9 Å². The molecule has 0 fully saturated rings. The minimum absolute atomic E-state index is 0. The third kappa shape index (κ3) is 6.83. The van der Waals surface area contributed by atoms with Gasteiger partial charge in [-0.1, -0.05) is 53.5 Å². The quantitative estimate of drug-likeness (QED) is 0.445. The molecule has 0 aliphatic carbocycles. The molecule has 8 heteroatoms. The van der Waals surface area contributed by atoms with Gasteiger partial charge in [-0.2, -0.15) is 0 Å². The van der Waals surface area contributed by atoms with Gasteiger partial charge in [0.1, 0.15) is 0 Å². The number of halogens is 1. The Bertz CT molecular complexity index is 594. The van der Waals surface area contributed by atoms with Gasteiger partial charge < -0.3 is 4.70 Å². The van der Waals surface area contributed by atoms with Crippen LogP contribution in [0, 0.1) is 3.91 Å². The van der Waals surface area contributed by atoms with E-state index in [9.17, 15) is 0 Å². The normalized spacial score (nSPS) is 9.88. The minimum Gasteiger partial charge on any atom is -1.00 e. The number of thioether (sulfide) groups is 3. The molecule has 127 valence electrons. The van der Waals surface area contributed by atoms with Gasteiger partial charge in [-0.05, 0) is 36.4 Å². The summed E-state index contributed by atoms with van der Waals surface area (Å²) in [6, 6.07) is 17.7. The van der Waals surface area contributed by atoms with Crippen LogP contribution < -0.4 is 4.70 Å². The van der Waals surface area contributed by atoms with Crippen LogP contribution in [-0.2, 0) is 17.1 Å². The molecule has 0 bridgehead atoms. The summed E-state index contributed by atoms with van der Waals surface area (Å²) in [6.07, 6.45) is 5.41. The summed E-state index contributed by atoms with van der Waals surface area (Å²) in [7, 11) is 0. The molecule has 3 aromatic heterocycles. The Morgan fingerprint density at radius 3 is 1.17 bits per heavy atom. The number of hydrogen-bond acceptors (Lipinski definition) is 6. The summed E-state index contributed by atoms with van der Waals surface area (Å²) in [5, 5.41) is 2.89. The monoisotopic (exact) mass is 424 g/mol. The zero-order valence-corrected chi connectivity index (χ0v) is 15.6. The Hall–Kier alpha value is -1.05. The third-order valence-electron chi connectivity index (χ3n) is 2.48. The maximum Gasteiger partial charge on any atom is 1.00 e. The third-order valence-corrected chi connectivity index (χ3v) is 5.83. The van der Waals surface area contributed by atoms with Crippen LogP contribution in [0.2, 0.25) is 0 Å². The summed E-state index contributed by atoms with van der Waals surface area (Å²) >= 11 is 4.89. The van der Waals surface area contributed by atoms with Gasteiger partial charge in [0, 0.05) is 18.6 Å². The first-order valence-electron chi connectivity index (χ1n) is 6.54. The molecule has 3 aromatic rings. The van der Waals surface area contributed by atoms with E-state index < -0.39 is 0 Å². The van der Waals surface area contributed by atoms with Gasteiger partial charge in [-0.3, -0.25) is 0 Å². The van der Waals surface area contributed by atoms with E-state index in [-0.39, 0.29) is 21.8 Å².